The highest BCUT2D eigenvalue weighted by atomic mass is 19.1. The van der Waals surface area contributed by atoms with Crippen LogP contribution in [0.4, 0.5) is 10.1 Å². The van der Waals surface area contributed by atoms with Gasteiger partial charge in [0.25, 0.3) is 0 Å². The van der Waals surface area contributed by atoms with E-state index in [0.717, 1.165) is 5.56 Å². The SMILES string of the molecule is CC1(C)CNc2c(F)cc(C=O)cc21. The topological polar surface area (TPSA) is 29.1 Å². The van der Waals surface area contributed by atoms with Gasteiger partial charge in [0, 0.05) is 17.5 Å². The first-order valence-electron chi connectivity index (χ1n) is 4.58. The van der Waals surface area contributed by atoms with Gasteiger partial charge in [-0.1, -0.05) is 13.8 Å². The average molecular weight is 193 g/mol. The summed E-state index contributed by atoms with van der Waals surface area (Å²) in [6.45, 7) is 4.77. The fourth-order valence-corrected chi connectivity index (χ4v) is 1.81. The molecule has 0 bridgehead atoms. The van der Waals surface area contributed by atoms with Crippen LogP contribution in [0.1, 0.15) is 29.8 Å². The molecule has 74 valence electrons. The van der Waals surface area contributed by atoms with Crippen LogP contribution in [0, 0.1) is 5.82 Å². The third-order valence-electron chi connectivity index (χ3n) is 2.68. The highest BCUT2D eigenvalue weighted by Gasteiger charge is 2.31. The first kappa shape index (κ1) is 9.19. The molecule has 1 aliphatic rings. The largest absolute Gasteiger partial charge is 0.382 e. The first-order valence-corrected chi connectivity index (χ1v) is 4.58. The summed E-state index contributed by atoms with van der Waals surface area (Å²) in [6, 6.07) is 3.02. The van der Waals surface area contributed by atoms with Crippen LogP contribution in [0.2, 0.25) is 0 Å². The van der Waals surface area contributed by atoms with Crippen molar-refractivity contribution in [3.63, 3.8) is 0 Å². The third kappa shape index (κ3) is 1.20. The number of carbonyl (C=O) groups excluding carboxylic acids is 1. The van der Waals surface area contributed by atoms with E-state index in [9.17, 15) is 9.18 Å². The summed E-state index contributed by atoms with van der Waals surface area (Å²) in [5.41, 5.74) is 1.73. The summed E-state index contributed by atoms with van der Waals surface area (Å²) in [6.07, 6.45) is 0.678. The van der Waals surface area contributed by atoms with E-state index < -0.39 is 0 Å². The molecule has 0 saturated carbocycles. The second-order valence-electron chi connectivity index (χ2n) is 4.28. The van der Waals surface area contributed by atoms with Gasteiger partial charge in [0.1, 0.15) is 12.1 Å². The van der Waals surface area contributed by atoms with Crippen molar-refractivity contribution < 1.29 is 9.18 Å². The Hall–Kier alpha value is -1.38. The van der Waals surface area contributed by atoms with Crippen molar-refractivity contribution in [3.05, 3.63) is 29.1 Å². The van der Waals surface area contributed by atoms with Gasteiger partial charge in [0.15, 0.2) is 0 Å². The van der Waals surface area contributed by atoms with Gasteiger partial charge in [-0.25, -0.2) is 4.39 Å². The van der Waals surface area contributed by atoms with E-state index in [2.05, 4.69) is 5.32 Å². The van der Waals surface area contributed by atoms with Crippen molar-refractivity contribution in [3.8, 4) is 0 Å². The zero-order valence-electron chi connectivity index (χ0n) is 8.23. The summed E-state index contributed by atoms with van der Waals surface area (Å²) in [4.78, 5) is 10.6. The van der Waals surface area contributed by atoms with Crippen molar-refractivity contribution in [2.45, 2.75) is 19.3 Å². The summed E-state index contributed by atoms with van der Waals surface area (Å²) < 4.78 is 13.5. The highest BCUT2D eigenvalue weighted by molar-refractivity contribution is 5.78. The number of hydrogen-bond acceptors (Lipinski definition) is 2. The number of nitrogens with one attached hydrogen (secondary N) is 1. The fourth-order valence-electron chi connectivity index (χ4n) is 1.81. The van der Waals surface area contributed by atoms with Crippen LogP contribution in [0.3, 0.4) is 0 Å². The number of aldehydes is 1. The molecule has 0 unspecified atom stereocenters. The molecule has 14 heavy (non-hydrogen) atoms. The standard InChI is InChI=1S/C11H12FNO/c1-11(2)6-13-10-8(11)3-7(5-14)4-9(10)12/h3-5,13H,6H2,1-2H3. The van der Waals surface area contributed by atoms with Crippen molar-refractivity contribution in [1.29, 1.82) is 0 Å². The number of hydrogen-bond donors (Lipinski definition) is 1. The smallest absolute Gasteiger partial charge is 0.150 e. The number of carbonyl (C=O) groups is 1. The van der Waals surface area contributed by atoms with Crippen molar-refractivity contribution in [2.24, 2.45) is 0 Å². The Labute approximate surface area is 82.1 Å². The number of fused-ring (bicyclic) bond motifs is 1. The van der Waals surface area contributed by atoms with Gasteiger partial charge >= 0.3 is 0 Å². The van der Waals surface area contributed by atoms with E-state index in [0.29, 0.717) is 24.1 Å². The van der Waals surface area contributed by atoms with Crippen LogP contribution >= 0.6 is 0 Å². The number of halogens is 1. The molecule has 0 amide bonds. The Morgan fingerprint density at radius 1 is 1.50 bits per heavy atom. The minimum Gasteiger partial charge on any atom is -0.382 e. The van der Waals surface area contributed by atoms with Crippen LogP contribution in [-0.4, -0.2) is 12.8 Å². The van der Waals surface area contributed by atoms with Gasteiger partial charge < -0.3 is 5.32 Å². The average Bonchev–Trinajstić information content (AvgIpc) is 2.43. The molecule has 1 aliphatic heterocycles. The number of benzene rings is 1. The Morgan fingerprint density at radius 2 is 2.21 bits per heavy atom. The van der Waals surface area contributed by atoms with Gasteiger partial charge in [-0.15, -0.1) is 0 Å². The third-order valence-corrected chi connectivity index (χ3v) is 2.68. The highest BCUT2D eigenvalue weighted by Crippen LogP contribution is 2.38. The minimum absolute atomic E-state index is 0.102. The fraction of sp³-hybridized carbons (Fsp3) is 0.364. The van der Waals surface area contributed by atoms with E-state index in [4.69, 9.17) is 0 Å². The first-order chi connectivity index (χ1) is 6.54. The zero-order chi connectivity index (χ0) is 10.3. The van der Waals surface area contributed by atoms with Crippen molar-refractivity contribution >= 4 is 12.0 Å². The maximum absolute atomic E-state index is 13.5. The van der Waals surface area contributed by atoms with E-state index in [-0.39, 0.29) is 11.2 Å². The molecule has 0 radical (unpaired) electrons. The predicted molar refractivity (Wildman–Crippen MR) is 53.3 cm³/mol. The lowest BCUT2D eigenvalue weighted by atomic mass is 9.86. The molecule has 2 rings (SSSR count). The quantitative estimate of drug-likeness (QED) is 0.693. The van der Waals surface area contributed by atoms with Gasteiger partial charge in [-0.3, -0.25) is 4.79 Å². The lowest BCUT2D eigenvalue weighted by Crippen LogP contribution is -2.19. The molecule has 1 heterocycles. The maximum Gasteiger partial charge on any atom is 0.150 e. The van der Waals surface area contributed by atoms with E-state index in [1.54, 1.807) is 6.07 Å². The Kier molecular flexibility index (Phi) is 1.84. The molecule has 2 nitrogen and oxygen atoms in total. The molecule has 0 aromatic heterocycles. The number of anilines is 1. The molecule has 0 spiro atoms. The van der Waals surface area contributed by atoms with Crippen LogP contribution in [0.25, 0.3) is 0 Å². The predicted octanol–water partition coefficient (Wildman–Crippen LogP) is 2.34. The zero-order valence-corrected chi connectivity index (χ0v) is 8.23. The molecule has 1 aromatic carbocycles. The van der Waals surface area contributed by atoms with E-state index in [1.165, 1.54) is 6.07 Å². The van der Waals surface area contributed by atoms with E-state index in [1.807, 2.05) is 13.8 Å². The van der Waals surface area contributed by atoms with Crippen LogP contribution in [0.15, 0.2) is 12.1 Å². The molecule has 0 saturated heterocycles. The lowest BCUT2D eigenvalue weighted by molar-refractivity contribution is 0.112. The lowest BCUT2D eigenvalue weighted by Gasteiger charge is -2.17. The molecule has 1 N–H and O–H groups in total. The molecule has 1 aromatic rings. The van der Waals surface area contributed by atoms with Gasteiger partial charge in [0.05, 0.1) is 5.69 Å². The molecule has 0 atom stereocenters. The van der Waals surface area contributed by atoms with Gasteiger partial charge in [-0.05, 0) is 17.7 Å². The van der Waals surface area contributed by atoms with Gasteiger partial charge in [0.2, 0.25) is 0 Å². The Bertz CT molecular complexity index is 399. The molecular weight excluding hydrogens is 181 g/mol. The number of rotatable bonds is 1. The summed E-state index contributed by atoms with van der Waals surface area (Å²) in [5, 5.41) is 3.02. The van der Waals surface area contributed by atoms with E-state index >= 15 is 0 Å². The second kappa shape index (κ2) is 2.80. The van der Waals surface area contributed by atoms with Gasteiger partial charge in [-0.2, -0.15) is 0 Å². The Balaban J connectivity index is 2.65. The van der Waals surface area contributed by atoms with Crippen LogP contribution in [0.5, 0.6) is 0 Å². The molecule has 0 fully saturated rings. The molecule has 0 aliphatic carbocycles. The maximum atomic E-state index is 13.5. The summed E-state index contributed by atoms with van der Waals surface area (Å²) in [5.74, 6) is -0.338. The summed E-state index contributed by atoms with van der Waals surface area (Å²) in [7, 11) is 0. The van der Waals surface area contributed by atoms with Crippen LogP contribution in [-0.2, 0) is 5.41 Å². The summed E-state index contributed by atoms with van der Waals surface area (Å²) >= 11 is 0. The minimum atomic E-state index is -0.338. The second-order valence-corrected chi connectivity index (χ2v) is 4.28. The normalized spacial score (nSPS) is 17.4. The Morgan fingerprint density at radius 3 is 2.86 bits per heavy atom. The molecule has 3 heteroatoms. The van der Waals surface area contributed by atoms with Crippen LogP contribution < -0.4 is 5.32 Å². The van der Waals surface area contributed by atoms with Crippen molar-refractivity contribution in [1.82, 2.24) is 0 Å². The monoisotopic (exact) mass is 193 g/mol. The molecular formula is C11H12FNO. The van der Waals surface area contributed by atoms with Crippen molar-refractivity contribution in [2.75, 3.05) is 11.9 Å².